The van der Waals surface area contributed by atoms with E-state index < -0.39 is 0 Å². The van der Waals surface area contributed by atoms with E-state index in [-0.39, 0.29) is 5.78 Å². The fraction of sp³-hybridized carbons (Fsp3) is 0.409. The van der Waals surface area contributed by atoms with Crippen molar-refractivity contribution >= 4 is 39.1 Å². The molecule has 0 unspecified atom stereocenters. The Kier molecular flexibility index (Phi) is 5.60. The van der Waals surface area contributed by atoms with Crippen molar-refractivity contribution in [2.45, 2.75) is 57.4 Å². The first-order valence-corrected chi connectivity index (χ1v) is 11.5. The number of thiophene rings is 1. The first-order chi connectivity index (χ1) is 13.2. The zero-order valence-corrected chi connectivity index (χ0v) is 17.5. The molecule has 5 heteroatoms. The van der Waals surface area contributed by atoms with Crippen LogP contribution >= 0.6 is 23.1 Å². The monoisotopic (exact) mass is 396 g/mol. The molecule has 3 aromatic rings. The van der Waals surface area contributed by atoms with Crippen LogP contribution in [0.4, 0.5) is 0 Å². The lowest BCUT2D eigenvalue weighted by atomic mass is 9.97. The summed E-state index contributed by atoms with van der Waals surface area (Å²) >= 11 is 3.38. The number of hydrogen-bond acceptors (Lipinski definition) is 5. The molecule has 0 amide bonds. The summed E-state index contributed by atoms with van der Waals surface area (Å²) in [7, 11) is 0. The molecule has 27 heavy (non-hydrogen) atoms. The molecule has 140 valence electrons. The molecule has 3 nitrogen and oxygen atoms in total. The van der Waals surface area contributed by atoms with Gasteiger partial charge in [-0.25, -0.2) is 9.97 Å². The van der Waals surface area contributed by atoms with Gasteiger partial charge in [-0.15, -0.1) is 11.3 Å². The van der Waals surface area contributed by atoms with E-state index in [2.05, 4.69) is 24.0 Å². The number of carbonyl (C=O) groups is 1. The normalized spacial score (nSPS) is 13.7. The number of fused-ring (bicyclic) bond motifs is 3. The van der Waals surface area contributed by atoms with Gasteiger partial charge in [-0.05, 0) is 50.2 Å². The minimum atomic E-state index is 0.163. The third kappa shape index (κ3) is 3.94. The fourth-order valence-corrected chi connectivity index (χ4v) is 6.06. The van der Waals surface area contributed by atoms with Crippen molar-refractivity contribution in [1.82, 2.24) is 9.97 Å². The van der Waals surface area contributed by atoms with Gasteiger partial charge in [0.25, 0.3) is 0 Å². The van der Waals surface area contributed by atoms with Gasteiger partial charge in [0.1, 0.15) is 15.7 Å². The Hall–Kier alpha value is -1.72. The third-order valence-electron chi connectivity index (χ3n) is 5.05. The fourth-order valence-electron chi connectivity index (χ4n) is 3.69. The van der Waals surface area contributed by atoms with E-state index in [9.17, 15) is 4.79 Å². The molecule has 0 aliphatic heterocycles. The number of nitrogens with zero attached hydrogens (tertiary/aromatic N) is 2. The molecular formula is C22H24N2OS2. The minimum absolute atomic E-state index is 0.163. The van der Waals surface area contributed by atoms with Gasteiger partial charge in [-0.1, -0.05) is 49.4 Å². The summed E-state index contributed by atoms with van der Waals surface area (Å²) < 4.78 is 0. The molecule has 0 atom stereocenters. The lowest BCUT2D eigenvalue weighted by molar-refractivity contribution is 0.102. The van der Waals surface area contributed by atoms with Crippen LogP contribution in [-0.4, -0.2) is 21.5 Å². The van der Waals surface area contributed by atoms with Crippen LogP contribution in [0.5, 0.6) is 0 Å². The average molecular weight is 397 g/mol. The smallest absolute Gasteiger partial charge is 0.173 e. The number of hydrogen-bond donors (Lipinski definition) is 0. The SMILES string of the molecule is CCCc1ccc(C(=O)CSc2nc(C)nc3sc4c(c23)CCCC4)cc1. The predicted molar refractivity (Wildman–Crippen MR) is 114 cm³/mol. The molecule has 0 spiro atoms. The first kappa shape index (κ1) is 18.6. The Balaban J connectivity index is 1.56. The van der Waals surface area contributed by atoms with E-state index in [0.717, 1.165) is 46.9 Å². The molecule has 0 N–H and O–H groups in total. The Morgan fingerprint density at radius 1 is 1.15 bits per heavy atom. The van der Waals surface area contributed by atoms with E-state index in [1.165, 1.54) is 34.2 Å². The zero-order chi connectivity index (χ0) is 18.8. The molecule has 1 aliphatic rings. The van der Waals surface area contributed by atoms with E-state index in [1.807, 2.05) is 30.4 Å². The second-order valence-electron chi connectivity index (χ2n) is 7.13. The van der Waals surface area contributed by atoms with Gasteiger partial charge < -0.3 is 0 Å². The molecule has 0 saturated heterocycles. The predicted octanol–water partition coefficient (Wildman–Crippen LogP) is 5.81. The van der Waals surface area contributed by atoms with Crippen molar-refractivity contribution in [3.05, 3.63) is 51.7 Å². The molecule has 0 saturated carbocycles. The summed E-state index contributed by atoms with van der Waals surface area (Å²) in [5.41, 5.74) is 3.51. The van der Waals surface area contributed by atoms with E-state index in [0.29, 0.717) is 5.75 Å². The van der Waals surface area contributed by atoms with Crippen LogP contribution in [-0.2, 0) is 19.3 Å². The summed E-state index contributed by atoms with van der Waals surface area (Å²) in [6.07, 6.45) is 6.95. The van der Waals surface area contributed by atoms with Gasteiger partial charge in [0, 0.05) is 15.8 Å². The van der Waals surface area contributed by atoms with E-state index in [1.54, 1.807) is 11.8 Å². The minimum Gasteiger partial charge on any atom is -0.293 e. The highest BCUT2D eigenvalue weighted by Crippen LogP contribution is 2.39. The van der Waals surface area contributed by atoms with E-state index in [4.69, 9.17) is 4.98 Å². The number of carbonyl (C=O) groups excluding carboxylic acids is 1. The average Bonchev–Trinajstić information content (AvgIpc) is 3.04. The maximum absolute atomic E-state index is 12.7. The molecule has 0 fully saturated rings. The zero-order valence-electron chi connectivity index (χ0n) is 15.9. The Morgan fingerprint density at radius 2 is 1.93 bits per heavy atom. The highest BCUT2D eigenvalue weighted by molar-refractivity contribution is 8.00. The second kappa shape index (κ2) is 8.11. The van der Waals surface area contributed by atoms with Crippen LogP contribution in [0.15, 0.2) is 29.3 Å². The Morgan fingerprint density at radius 3 is 2.70 bits per heavy atom. The van der Waals surface area contributed by atoms with Crippen molar-refractivity contribution < 1.29 is 4.79 Å². The highest BCUT2D eigenvalue weighted by atomic mass is 32.2. The molecule has 1 aromatic carbocycles. The van der Waals surface area contributed by atoms with Crippen LogP contribution in [0, 0.1) is 6.92 Å². The van der Waals surface area contributed by atoms with Gasteiger partial charge in [-0.2, -0.15) is 0 Å². The van der Waals surface area contributed by atoms with Crippen LogP contribution < -0.4 is 0 Å². The molecule has 2 heterocycles. The molecule has 4 rings (SSSR count). The standard InChI is InChI=1S/C22H24N2OS2/c1-3-6-15-9-11-16(12-10-15)18(25)13-26-21-20-17-7-4-5-8-19(17)27-22(20)24-14(2)23-21/h9-12H,3-8,13H2,1-2H3. The van der Waals surface area contributed by atoms with Gasteiger partial charge in [0.05, 0.1) is 5.75 Å². The number of thioether (sulfide) groups is 1. The molecule has 0 bridgehead atoms. The van der Waals surface area contributed by atoms with E-state index >= 15 is 0 Å². The van der Waals surface area contributed by atoms with Crippen LogP contribution in [0.2, 0.25) is 0 Å². The largest absolute Gasteiger partial charge is 0.293 e. The maximum Gasteiger partial charge on any atom is 0.173 e. The van der Waals surface area contributed by atoms with Gasteiger partial charge >= 0.3 is 0 Å². The summed E-state index contributed by atoms with van der Waals surface area (Å²) in [5, 5.41) is 2.18. The number of Topliss-reactive ketones (excluding diaryl/α,β-unsaturated/α-hetero) is 1. The second-order valence-corrected chi connectivity index (χ2v) is 9.17. The van der Waals surface area contributed by atoms with Crippen LogP contribution in [0.25, 0.3) is 10.2 Å². The summed E-state index contributed by atoms with van der Waals surface area (Å²) in [6.45, 7) is 4.11. The third-order valence-corrected chi connectivity index (χ3v) is 7.21. The molecular weight excluding hydrogens is 372 g/mol. The van der Waals surface area contributed by atoms with Crippen molar-refractivity contribution in [3.63, 3.8) is 0 Å². The quantitative estimate of drug-likeness (QED) is 0.300. The highest BCUT2D eigenvalue weighted by Gasteiger charge is 2.21. The topological polar surface area (TPSA) is 42.9 Å². The lowest BCUT2D eigenvalue weighted by Crippen LogP contribution is -2.04. The lowest BCUT2D eigenvalue weighted by Gasteiger charge is -2.11. The van der Waals surface area contributed by atoms with Crippen molar-refractivity contribution in [1.29, 1.82) is 0 Å². The number of ketones is 1. The van der Waals surface area contributed by atoms with Crippen molar-refractivity contribution in [2.75, 3.05) is 5.75 Å². The Labute approximate surface area is 168 Å². The number of rotatable bonds is 6. The summed E-state index contributed by atoms with van der Waals surface area (Å²) in [6, 6.07) is 8.07. The number of aromatic nitrogens is 2. The Bertz CT molecular complexity index is 976. The van der Waals surface area contributed by atoms with Crippen LogP contribution in [0.1, 0.15) is 58.4 Å². The maximum atomic E-state index is 12.7. The first-order valence-electron chi connectivity index (χ1n) is 9.69. The molecule has 1 aliphatic carbocycles. The summed E-state index contributed by atoms with van der Waals surface area (Å²) in [5.74, 6) is 1.38. The van der Waals surface area contributed by atoms with Gasteiger partial charge in [0.15, 0.2) is 5.78 Å². The van der Waals surface area contributed by atoms with Gasteiger partial charge in [0.2, 0.25) is 0 Å². The van der Waals surface area contributed by atoms with Gasteiger partial charge in [-0.3, -0.25) is 4.79 Å². The number of benzene rings is 1. The number of aryl methyl sites for hydroxylation is 4. The summed E-state index contributed by atoms with van der Waals surface area (Å²) in [4.78, 5) is 24.6. The molecule has 0 radical (unpaired) electrons. The molecule has 2 aromatic heterocycles. The van der Waals surface area contributed by atoms with Crippen LogP contribution in [0.3, 0.4) is 0 Å². The van der Waals surface area contributed by atoms with Crippen molar-refractivity contribution in [2.24, 2.45) is 0 Å². The van der Waals surface area contributed by atoms with Crippen molar-refractivity contribution in [3.8, 4) is 0 Å².